The molecule has 3 rings (SSSR count). The molecule has 2 aromatic rings. The highest BCUT2D eigenvalue weighted by atomic mass is 35.5. The first-order valence-corrected chi connectivity index (χ1v) is 7.11. The summed E-state index contributed by atoms with van der Waals surface area (Å²) < 4.78 is 0. The molecule has 1 unspecified atom stereocenters. The monoisotopic (exact) mass is 271 g/mol. The van der Waals surface area contributed by atoms with Crippen LogP contribution in [0.15, 0.2) is 36.4 Å². The Bertz CT molecular complexity index is 601. The Morgan fingerprint density at radius 3 is 2.42 bits per heavy atom. The van der Waals surface area contributed by atoms with E-state index in [1.165, 1.54) is 27.9 Å². The van der Waals surface area contributed by atoms with Crippen molar-refractivity contribution in [3.8, 4) is 0 Å². The van der Waals surface area contributed by atoms with Crippen LogP contribution in [0.25, 0.3) is 0 Å². The molecule has 0 spiro atoms. The number of anilines is 1. The van der Waals surface area contributed by atoms with Gasteiger partial charge in [-0.1, -0.05) is 35.9 Å². The molecule has 19 heavy (non-hydrogen) atoms. The van der Waals surface area contributed by atoms with E-state index in [-0.39, 0.29) is 0 Å². The van der Waals surface area contributed by atoms with Crippen LogP contribution in [0.4, 0.5) is 5.69 Å². The summed E-state index contributed by atoms with van der Waals surface area (Å²) in [5.41, 5.74) is 6.89. The minimum atomic E-state index is 0.533. The maximum absolute atomic E-state index is 5.96. The van der Waals surface area contributed by atoms with Crippen LogP contribution >= 0.6 is 11.6 Å². The minimum absolute atomic E-state index is 0.533. The topological polar surface area (TPSA) is 12.0 Å². The molecule has 0 saturated carbocycles. The number of rotatable bonds is 1. The predicted molar refractivity (Wildman–Crippen MR) is 82.3 cm³/mol. The lowest BCUT2D eigenvalue weighted by atomic mass is 9.85. The fraction of sp³-hybridized carbons (Fsp3) is 0.294. The second-order valence-corrected chi connectivity index (χ2v) is 5.82. The average Bonchev–Trinajstić information content (AvgIpc) is 2.43. The molecule has 98 valence electrons. The van der Waals surface area contributed by atoms with Crippen molar-refractivity contribution in [1.82, 2.24) is 0 Å². The molecule has 0 aromatic heterocycles. The SMILES string of the molecule is Cc1ccc(C)c2c1CC(c1ccc(Cl)cc1)CN2. The highest BCUT2D eigenvalue weighted by molar-refractivity contribution is 6.30. The molecule has 2 aromatic carbocycles. The Kier molecular flexibility index (Phi) is 3.24. The van der Waals surface area contributed by atoms with E-state index in [2.05, 4.69) is 43.4 Å². The number of halogens is 1. The summed E-state index contributed by atoms with van der Waals surface area (Å²) in [7, 11) is 0. The first kappa shape index (κ1) is 12.6. The van der Waals surface area contributed by atoms with E-state index >= 15 is 0 Å². The summed E-state index contributed by atoms with van der Waals surface area (Å²) in [6.07, 6.45) is 1.11. The lowest BCUT2D eigenvalue weighted by molar-refractivity contribution is 0.690. The first-order valence-electron chi connectivity index (χ1n) is 6.73. The number of benzene rings is 2. The largest absolute Gasteiger partial charge is 0.384 e. The van der Waals surface area contributed by atoms with E-state index in [0.29, 0.717) is 5.92 Å². The molecule has 0 saturated heterocycles. The molecule has 1 aliphatic rings. The third-order valence-corrected chi connectivity index (χ3v) is 4.32. The third-order valence-electron chi connectivity index (χ3n) is 4.07. The van der Waals surface area contributed by atoms with Crippen LogP contribution in [0.5, 0.6) is 0 Å². The maximum Gasteiger partial charge on any atom is 0.0406 e. The molecular weight excluding hydrogens is 254 g/mol. The highest BCUT2D eigenvalue weighted by Crippen LogP contribution is 2.34. The number of nitrogens with one attached hydrogen (secondary N) is 1. The van der Waals surface area contributed by atoms with Crippen molar-refractivity contribution in [2.45, 2.75) is 26.2 Å². The zero-order valence-electron chi connectivity index (χ0n) is 11.3. The molecule has 1 aliphatic heterocycles. The van der Waals surface area contributed by atoms with Crippen molar-refractivity contribution in [1.29, 1.82) is 0 Å². The second-order valence-electron chi connectivity index (χ2n) is 5.39. The Morgan fingerprint density at radius 2 is 1.68 bits per heavy atom. The van der Waals surface area contributed by atoms with Crippen LogP contribution in [-0.4, -0.2) is 6.54 Å². The van der Waals surface area contributed by atoms with Crippen LogP contribution in [0.3, 0.4) is 0 Å². The molecular formula is C17H18ClN. The van der Waals surface area contributed by atoms with E-state index in [9.17, 15) is 0 Å². The second kappa shape index (κ2) is 4.90. The van der Waals surface area contributed by atoms with Gasteiger partial charge in [-0.05, 0) is 54.7 Å². The Balaban J connectivity index is 1.94. The lowest BCUT2D eigenvalue weighted by Gasteiger charge is -2.29. The van der Waals surface area contributed by atoms with Crippen LogP contribution < -0.4 is 5.32 Å². The zero-order valence-corrected chi connectivity index (χ0v) is 12.1. The van der Waals surface area contributed by atoms with Gasteiger partial charge < -0.3 is 5.32 Å². The van der Waals surface area contributed by atoms with Gasteiger partial charge in [-0.2, -0.15) is 0 Å². The zero-order chi connectivity index (χ0) is 13.4. The molecule has 0 amide bonds. The molecule has 2 heteroatoms. The number of aryl methyl sites for hydroxylation is 2. The summed E-state index contributed by atoms with van der Waals surface area (Å²) in [6.45, 7) is 5.37. The smallest absolute Gasteiger partial charge is 0.0406 e. The van der Waals surface area contributed by atoms with Gasteiger partial charge in [-0.3, -0.25) is 0 Å². The quantitative estimate of drug-likeness (QED) is 0.792. The van der Waals surface area contributed by atoms with E-state index in [0.717, 1.165) is 18.0 Å². The normalized spacial score (nSPS) is 17.7. The number of hydrogen-bond donors (Lipinski definition) is 1. The van der Waals surface area contributed by atoms with Crippen molar-refractivity contribution >= 4 is 17.3 Å². The standard InChI is InChI=1S/C17H18ClN/c1-11-3-4-12(2)17-16(11)9-14(10-19-17)13-5-7-15(18)8-6-13/h3-8,14,19H,9-10H2,1-2H3. The molecule has 1 nitrogen and oxygen atoms in total. The molecule has 0 radical (unpaired) electrons. The summed E-state index contributed by atoms with van der Waals surface area (Å²) in [5, 5.41) is 4.41. The molecule has 1 heterocycles. The van der Waals surface area contributed by atoms with E-state index in [1.54, 1.807) is 0 Å². The first-order chi connectivity index (χ1) is 9.15. The summed E-state index contributed by atoms with van der Waals surface area (Å²) in [4.78, 5) is 0. The lowest BCUT2D eigenvalue weighted by Crippen LogP contribution is -2.23. The molecule has 0 aliphatic carbocycles. The van der Waals surface area contributed by atoms with Gasteiger partial charge in [0.15, 0.2) is 0 Å². The van der Waals surface area contributed by atoms with Gasteiger partial charge in [0.05, 0.1) is 0 Å². The van der Waals surface area contributed by atoms with Gasteiger partial charge in [0, 0.05) is 23.2 Å². The summed E-state index contributed by atoms with van der Waals surface area (Å²) in [6, 6.07) is 12.7. The van der Waals surface area contributed by atoms with E-state index in [1.807, 2.05) is 12.1 Å². The molecule has 0 bridgehead atoms. The molecule has 1 N–H and O–H groups in total. The Labute approximate surface area is 119 Å². The van der Waals surface area contributed by atoms with Gasteiger partial charge in [-0.25, -0.2) is 0 Å². The van der Waals surface area contributed by atoms with Gasteiger partial charge in [-0.15, -0.1) is 0 Å². The van der Waals surface area contributed by atoms with Gasteiger partial charge in [0.1, 0.15) is 0 Å². The average molecular weight is 272 g/mol. The van der Waals surface area contributed by atoms with Crippen molar-refractivity contribution < 1.29 is 0 Å². The number of fused-ring (bicyclic) bond motifs is 1. The highest BCUT2D eigenvalue weighted by Gasteiger charge is 2.22. The maximum atomic E-state index is 5.96. The van der Waals surface area contributed by atoms with E-state index in [4.69, 9.17) is 11.6 Å². The van der Waals surface area contributed by atoms with Gasteiger partial charge >= 0.3 is 0 Å². The van der Waals surface area contributed by atoms with Crippen LogP contribution in [0, 0.1) is 13.8 Å². The van der Waals surface area contributed by atoms with Crippen molar-refractivity contribution in [2.75, 3.05) is 11.9 Å². The predicted octanol–water partition coefficient (Wildman–Crippen LogP) is 4.71. The van der Waals surface area contributed by atoms with Crippen molar-refractivity contribution in [3.05, 3.63) is 63.7 Å². The van der Waals surface area contributed by atoms with Crippen LogP contribution in [-0.2, 0) is 6.42 Å². The Hall–Kier alpha value is -1.47. The van der Waals surface area contributed by atoms with Gasteiger partial charge in [0.25, 0.3) is 0 Å². The van der Waals surface area contributed by atoms with Crippen molar-refractivity contribution in [3.63, 3.8) is 0 Å². The third kappa shape index (κ3) is 2.35. The van der Waals surface area contributed by atoms with Crippen LogP contribution in [0.2, 0.25) is 5.02 Å². The molecule has 1 atom stereocenters. The minimum Gasteiger partial charge on any atom is -0.384 e. The fourth-order valence-electron chi connectivity index (χ4n) is 2.89. The summed E-state index contributed by atoms with van der Waals surface area (Å²) >= 11 is 5.96. The molecule has 0 fully saturated rings. The fourth-order valence-corrected chi connectivity index (χ4v) is 3.02. The number of hydrogen-bond acceptors (Lipinski definition) is 1. The summed E-state index contributed by atoms with van der Waals surface area (Å²) in [5.74, 6) is 0.533. The van der Waals surface area contributed by atoms with Gasteiger partial charge in [0.2, 0.25) is 0 Å². The van der Waals surface area contributed by atoms with Crippen LogP contribution in [0.1, 0.15) is 28.2 Å². The van der Waals surface area contributed by atoms with Crippen molar-refractivity contribution in [2.24, 2.45) is 0 Å². The van der Waals surface area contributed by atoms with E-state index < -0.39 is 0 Å². The Morgan fingerprint density at radius 1 is 1.00 bits per heavy atom.